The van der Waals surface area contributed by atoms with Crippen LogP contribution in [0.15, 0.2) is 4.52 Å². The molecule has 0 aromatic carbocycles. The van der Waals surface area contributed by atoms with Crippen molar-refractivity contribution in [3.8, 4) is 0 Å². The van der Waals surface area contributed by atoms with Crippen LogP contribution in [0, 0.1) is 5.92 Å². The van der Waals surface area contributed by atoms with Crippen molar-refractivity contribution in [3.05, 3.63) is 11.7 Å². The third-order valence-corrected chi connectivity index (χ3v) is 4.39. The molecule has 2 atom stereocenters. The molecule has 0 saturated heterocycles. The minimum absolute atomic E-state index is 0.101. The zero-order chi connectivity index (χ0) is 16.2. The summed E-state index contributed by atoms with van der Waals surface area (Å²) in [6.07, 6.45) is 6.80. The molecule has 22 heavy (non-hydrogen) atoms. The number of aromatic nitrogens is 2. The fourth-order valence-corrected chi connectivity index (χ4v) is 2.87. The van der Waals surface area contributed by atoms with Crippen molar-refractivity contribution in [1.82, 2.24) is 15.5 Å². The van der Waals surface area contributed by atoms with Gasteiger partial charge in [0.2, 0.25) is 11.8 Å². The molecule has 1 fully saturated rings. The van der Waals surface area contributed by atoms with Crippen LogP contribution in [-0.4, -0.2) is 22.1 Å². The molecule has 0 spiro atoms. The van der Waals surface area contributed by atoms with Crippen LogP contribution in [0.3, 0.4) is 0 Å². The zero-order valence-electron chi connectivity index (χ0n) is 14.3. The highest BCUT2D eigenvalue weighted by atomic mass is 16.5. The summed E-state index contributed by atoms with van der Waals surface area (Å²) in [4.78, 5) is 16.4. The van der Waals surface area contributed by atoms with E-state index in [9.17, 15) is 4.79 Å². The van der Waals surface area contributed by atoms with Gasteiger partial charge in [-0.25, -0.2) is 0 Å². The molecule has 5 nitrogen and oxygen atoms in total. The second-order valence-corrected chi connectivity index (χ2v) is 7.55. The molecule has 0 radical (unpaired) electrons. The molecule has 124 valence electrons. The molecule has 1 aromatic rings. The highest BCUT2D eigenvalue weighted by Crippen LogP contribution is 2.24. The van der Waals surface area contributed by atoms with Gasteiger partial charge in [0, 0.05) is 24.3 Å². The molecule has 1 heterocycles. The van der Waals surface area contributed by atoms with Crippen molar-refractivity contribution < 1.29 is 9.32 Å². The summed E-state index contributed by atoms with van der Waals surface area (Å²) in [7, 11) is 0. The zero-order valence-corrected chi connectivity index (χ0v) is 14.3. The lowest BCUT2D eigenvalue weighted by atomic mass is 9.86. The SMILES string of the molecule is CC1CCCCC1NC(=O)CCCc1nc(C(C)(C)C)no1. The first-order valence-electron chi connectivity index (χ1n) is 8.48. The fourth-order valence-electron chi connectivity index (χ4n) is 2.87. The molecular weight excluding hydrogens is 278 g/mol. The predicted octanol–water partition coefficient (Wildman–Crippen LogP) is 3.38. The van der Waals surface area contributed by atoms with E-state index in [1.165, 1.54) is 19.3 Å². The van der Waals surface area contributed by atoms with E-state index in [1.807, 2.05) is 0 Å². The van der Waals surface area contributed by atoms with Crippen molar-refractivity contribution in [1.29, 1.82) is 0 Å². The van der Waals surface area contributed by atoms with Crippen LogP contribution in [0.4, 0.5) is 0 Å². The molecule has 1 aromatic heterocycles. The molecule has 0 aliphatic heterocycles. The Labute approximate surface area is 133 Å². The lowest BCUT2D eigenvalue weighted by molar-refractivity contribution is -0.122. The van der Waals surface area contributed by atoms with Gasteiger partial charge in [0.1, 0.15) is 0 Å². The maximum Gasteiger partial charge on any atom is 0.226 e. The number of nitrogens with zero attached hydrogens (tertiary/aromatic N) is 2. The first kappa shape index (κ1) is 17.0. The number of rotatable bonds is 5. The van der Waals surface area contributed by atoms with Gasteiger partial charge in [-0.1, -0.05) is 45.7 Å². The van der Waals surface area contributed by atoms with Crippen molar-refractivity contribution in [3.63, 3.8) is 0 Å². The molecule has 0 bridgehead atoms. The van der Waals surface area contributed by atoms with Gasteiger partial charge in [-0.15, -0.1) is 0 Å². The quantitative estimate of drug-likeness (QED) is 0.905. The van der Waals surface area contributed by atoms with Crippen LogP contribution in [0.1, 0.15) is 77.9 Å². The van der Waals surface area contributed by atoms with Gasteiger partial charge in [0.15, 0.2) is 5.82 Å². The van der Waals surface area contributed by atoms with E-state index in [1.54, 1.807) is 0 Å². The van der Waals surface area contributed by atoms with E-state index in [4.69, 9.17) is 4.52 Å². The van der Waals surface area contributed by atoms with Gasteiger partial charge in [-0.05, 0) is 25.2 Å². The maximum atomic E-state index is 12.0. The van der Waals surface area contributed by atoms with Crippen LogP contribution in [0.2, 0.25) is 0 Å². The Bertz CT molecular complexity index is 490. The van der Waals surface area contributed by atoms with E-state index >= 15 is 0 Å². The average Bonchev–Trinajstić information content (AvgIpc) is 2.90. The monoisotopic (exact) mass is 307 g/mol. The molecule has 2 rings (SSSR count). The number of amides is 1. The number of hydrogen-bond donors (Lipinski definition) is 1. The van der Waals surface area contributed by atoms with Gasteiger partial charge in [-0.3, -0.25) is 4.79 Å². The topological polar surface area (TPSA) is 68.0 Å². The first-order valence-corrected chi connectivity index (χ1v) is 8.48. The van der Waals surface area contributed by atoms with E-state index in [0.717, 1.165) is 18.7 Å². The second-order valence-electron chi connectivity index (χ2n) is 7.55. The van der Waals surface area contributed by atoms with Crippen molar-refractivity contribution in [2.24, 2.45) is 5.92 Å². The largest absolute Gasteiger partial charge is 0.353 e. The number of nitrogens with one attached hydrogen (secondary N) is 1. The van der Waals surface area contributed by atoms with Crippen LogP contribution in [-0.2, 0) is 16.6 Å². The van der Waals surface area contributed by atoms with Crippen molar-refractivity contribution in [2.75, 3.05) is 0 Å². The summed E-state index contributed by atoms with van der Waals surface area (Å²) in [6, 6.07) is 0.358. The van der Waals surface area contributed by atoms with Crippen LogP contribution < -0.4 is 5.32 Å². The Morgan fingerprint density at radius 1 is 1.32 bits per heavy atom. The third kappa shape index (κ3) is 4.82. The lowest BCUT2D eigenvalue weighted by Crippen LogP contribution is -2.40. The van der Waals surface area contributed by atoms with Gasteiger partial charge < -0.3 is 9.84 Å². The molecule has 5 heteroatoms. The third-order valence-electron chi connectivity index (χ3n) is 4.39. The van der Waals surface area contributed by atoms with Gasteiger partial charge in [0.25, 0.3) is 0 Å². The number of carbonyl (C=O) groups excluding carboxylic acids is 1. The first-order chi connectivity index (χ1) is 10.4. The van der Waals surface area contributed by atoms with Crippen LogP contribution >= 0.6 is 0 Å². The fraction of sp³-hybridized carbons (Fsp3) is 0.824. The minimum Gasteiger partial charge on any atom is -0.353 e. The van der Waals surface area contributed by atoms with Crippen molar-refractivity contribution in [2.45, 2.75) is 84.1 Å². The van der Waals surface area contributed by atoms with E-state index in [2.05, 4.69) is 43.2 Å². The van der Waals surface area contributed by atoms with E-state index < -0.39 is 0 Å². The second kappa shape index (κ2) is 7.25. The van der Waals surface area contributed by atoms with Crippen LogP contribution in [0.25, 0.3) is 0 Å². The average molecular weight is 307 g/mol. The Morgan fingerprint density at radius 3 is 2.68 bits per heavy atom. The summed E-state index contributed by atoms with van der Waals surface area (Å²) in [5.41, 5.74) is -0.101. The van der Waals surface area contributed by atoms with Gasteiger partial charge in [0.05, 0.1) is 0 Å². The number of aryl methyl sites for hydroxylation is 1. The highest BCUT2D eigenvalue weighted by Gasteiger charge is 2.23. The summed E-state index contributed by atoms with van der Waals surface area (Å²) in [6.45, 7) is 8.40. The number of hydrogen-bond acceptors (Lipinski definition) is 4. The molecule has 2 unspecified atom stereocenters. The molecule has 1 aliphatic carbocycles. The minimum atomic E-state index is -0.101. The van der Waals surface area contributed by atoms with E-state index in [-0.39, 0.29) is 11.3 Å². The smallest absolute Gasteiger partial charge is 0.226 e. The van der Waals surface area contributed by atoms with Gasteiger partial charge in [-0.2, -0.15) is 4.98 Å². The Morgan fingerprint density at radius 2 is 2.05 bits per heavy atom. The highest BCUT2D eigenvalue weighted by molar-refractivity contribution is 5.76. The molecule has 1 N–H and O–H groups in total. The Kier molecular flexibility index (Phi) is 5.59. The Balaban J connectivity index is 1.71. The summed E-state index contributed by atoms with van der Waals surface area (Å²) in [5.74, 6) is 2.10. The predicted molar refractivity (Wildman–Crippen MR) is 85.5 cm³/mol. The molecule has 1 amide bonds. The lowest BCUT2D eigenvalue weighted by Gasteiger charge is -2.29. The standard InChI is InChI=1S/C17H29N3O2/c1-12-8-5-6-9-13(12)18-14(21)10-7-11-15-19-16(20-22-15)17(2,3)4/h12-13H,5-11H2,1-4H3,(H,18,21). The van der Waals surface area contributed by atoms with Gasteiger partial charge >= 0.3 is 0 Å². The molecule has 1 aliphatic rings. The van der Waals surface area contributed by atoms with E-state index in [0.29, 0.717) is 30.7 Å². The normalized spacial score (nSPS) is 22.5. The van der Waals surface area contributed by atoms with Crippen LogP contribution in [0.5, 0.6) is 0 Å². The summed E-state index contributed by atoms with van der Waals surface area (Å²) in [5, 5.41) is 7.18. The molecule has 1 saturated carbocycles. The maximum absolute atomic E-state index is 12.0. The molecular formula is C17H29N3O2. The Hall–Kier alpha value is -1.39. The number of carbonyl (C=O) groups is 1. The van der Waals surface area contributed by atoms with Crippen molar-refractivity contribution >= 4 is 5.91 Å². The summed E-state index contributed by atoms with van der Waals surface area (Å²) >= 11 is 0. The summed E-state index contributed by atoms with van der Waals surface area (Å²) < 4.78 is 5.25.